The minimum absolute atomic E-state index is 0.0622. The number of hydrogen-bond acceptors (Lipinski definition) is 2. The van der Waals surface area contributed by atoms with Crippen LogP contribution in [0.5, 0.6) is 0 Å². The Hall–Kier alpha value is -1.05. The van der Waals surface area contributed by atoms with Crippen LogP contribution in [0.25, 0.3) is 0 Å². The second-order valence-corrected chi connectivity index (χ2v) is 4.32. The highest BCUT2D eigenvalue weighted by Crippen LogP contribution is 2.21. The summed E-state index contributed by atoms with van der Waals surface area (Å²) in [4.78, 5) is 11.4. The Morgan fingerprint density at radius 2 is 2.27 bits per heavy atom. The fourth-order valence-electron chi connectivity index (χ4n) is 1.64. The van der Waals surface area contributed by atoms with Crippen LogP contribution >= 0.6 is 0 Å². The largest absolute Gasteiger partial charge is 0.461 e. The highest BCUT2D eigenvalue weighted by molar-refractivity contribution is 5.69. The van der Waals surface area contributed by atoms with E-state index in [1.54, 1.807) is 0 Å². The highest BCUT2D eigenvalue weighted by Gasteiger charge is 2.14. The smallest absolute Gasteiger partial charge is 0.306 e. The third-order valence-corrected chi connectivity index (χ3v) is 2.57. The predicted molar refractivity (Wildman–Crippen MR) is 61.5 cm³/mol. The molecule has 0 fully saturated rings. The monoisotopic (exact) mass is 208 g/mol. The van der Waals surface area contributed by atoms with Gasteiger partial charge in [0, 0.05) is 6.42 Å². The molecule has 0 bridgehead atoms. The van der Waals surface area contributed by atoms with Gasteiger partial charge in [0.1, 0.15) is 6.61 Å². The van der Waals surface area contributed by atoms with E-state index >= 15 is 0 Å². The van der Waals surface area contributed by atoms with Crippen molar-refractivity contribution in [1.29, 1.82) is 0 Å². The molecule has 0 aromatic carbocycles. The molecule has 1 aliphatic rings. The van der Waals surface area contributed by atoms with Gasteiger partial charge in [-0.25, -0.2) is 0 Å². The molecule has 0 saturated carbocycles. The van der Waals surface area contributed by atoms with Gasteiger partial charge < -0.3 is 4.74 Å². The Bertz CT molecular complexity index is 260. The predicted octanol–water partition coefficient (Wildman–Crippen LogP) is 3.24. The fourth-order valence-corrected chi connectivity index (χ4v) is 1.64. The number of hydrogen-bond donors (Lipinski definition) is 0. The molecule has 1 unspecified atom stereocenters. The molecule has 15 heavy (non-hydrogen) atoms. The molecule has 2 nitrogen and oxygen atoms in total. The SMILES string of the molecule is CC(C)=CCOC(=O)CC1CC=CCC1. The molecule has 0 aliphatic heterocycles. The topological polar surface area (TPSA) is 26.3 Å². The van der Waals surface area contributed by atoms with Crippen LogP contribution in [0.15, 0.2) is 23.8 Å². The first-order valence-corrected chi connectivity index (χ1v) is 5.62. The van der Waals surface area contributed by atoms with Crippen molar-refractivity contribution in [2.45, 2.75) is 39.5 Å². The van der Waals surface area contributed by atoms with Crippen LogP contribution in [-0.2, 0) is 9.53 Å². The molecular weight excluding hydrogens is 188 g/mol. The molecule has 0 aromatic rings. The van der Waals surface area contributed by atoms with E-state index in [4.69, 9.17) is 4.74 Å². The summed E-state index contributed by atoms with van der Waals surface area (Å²) in [6.45, 7) is 4.42. The summed E-state index contributed by atoms with van der Waals surface area (Å²) in [5.74, 6) is 0.432. The summed E-state index contributed by atoms with van der Waals surface area (Å²) in [5.41, 5.74) is 1.18. The van der Waals surface area contributed by atoms with Gasteiger partial charge in [-0.15, -0.1) is 0 Å². The van der Waals surface area contributed by atoms with E-state index in [1.807, 2.05) is 19.9 Å². The maximum absolute atomic E-state index is 11.4. The van der Waals surface area contributed by atoms with Crippen LogP contribution in [0.3, 0.4) is 0 Å². The Labute approximate surface area is 92.0 Å². The number of rotatable bonds is 4. The zero-order chi connectivity index (χ0) is 11.1. The van der Waals surface area contributed by atoms with Gasteiger partial charge in [0.05, 0.1) is 0 Å². The summed E-state index contributed by atoms with van der Waals surface area (Å²) in [7, 11) is 0. The van der Waals surface area contributed by atoms with Crippen molar-refractivity contribution < 1.29 is 9.53 Å². The minimum atomic E-state index is -0.0622. The average molecular weight is 208 g/mol. The number of carbonyl (C=O) groups is 1. The lowest BCUT2D eigenvalue weighted by molar-refractivity contribution is -0.143. The molecule has 0 N–H and O–H groups in total. The number of carbonyl (C=O) groups excluding carboxylic acids is 1. The zero-order valence-electron chi connectivity index (χ0n) is 9.66. The standard InChI is InChI=1S/C13H20O2/c1-11(2)8-9-15-13(14)10-12-6-4-3-5-7-12/h3-4,8,12H,5-7,9-10H2,1-2H3. The first-order chi connectivity index (χ1) is 7.18. The van der Waals surface area contributed by atoms with Gasteiger partial charge in [-0.2, -0.15) is 0 Å². The molecule has 0 saturated heterocycles. The number of ether oxygens (including phenoxy) is 1. The summed E-state index contributed by atoms with van der Waals surface area (Å²) >= 11 is 0. The van der Waals surface area contributed by atoms with Crippen molar-refractivity contribution in [3.8, 4) is 0 Å². The molecule has 0 radical (unpaired) electrons. The molecule has 2 heteroatoms. The van der Waals surface area contributed by atoms with Crippen molar-refractivity contribution in [3.63, 3.8) is 0 Å². The van der Waals surface area contributed by atoms with E-state index in [0.29, 0.717) is 18.9 Å². The van der Waals surface area contributed by atoms with Crippen LogP contribution in [-0.4, -0.2) is 12.6 Å². The number of allylic oxidation sites excluding steroid dienone is 3. The molecule has 1 atom stereocenters. The van der Waals surface area contributed by atoms with Crippen molar-refractivity contribution in [1.82, 2.24) is 0 Å². The maximum atomic E-state index is 11.4. The van der Waals surface area contributed by atoms with Crippen LogP contribution in [0.4, 0.5) is 0 Å². The Morgan fingerprint density at radius 1 is 1.47 bits per heavy atom. The van der Waals surface area contributed by atoms with Crippen LogP contribution in [0.2, 0.25) is 0 Å². The Morgan fingerprint density at radius 3 is 2.87 bits per heavy atom. The van der Waals surface area contributed by atoms with Crippen LogP contribution in [0.1, 0.15) is 39.5 Å². The van der Waals surface area contributed by atoms with E-state index in [1.165, 1.54) is 5.57 Å². The first-order valence-electron chi connectivity index (χ1n) is 5.62. The summed E-state index contributed by atoms with van der Waals surface area (Å²) in [6.07, 6.45) is 10.1. The molecule has 84 valence electrons. The van der Waals surface area contributed by atoms with E-state index < -0.39 is 0 Å². The molecule has 1 aliphatic carbocycles. The van der Waals surface area contributed by atoms with Crippen LogP contribution in [0, 0.1) is 5.92 Å². The lowest BCUT2D eigenvalue weighted by Crippen LogP contribution is -2.12. The van der Waals surface area contributed by atoms with Gasteiger partial charge in [0.25, 0.3) is 0 Å². The maximum Gasteiger partial charge on any atom is 0.306 e. The molecule has 0 amide bonds. The molecular formula is C13H20O2. The van der Waals surface area contributed by atoms with E-state index in [-0.39, 0.29) is 5.97 Å². The normalized spacial score (nSPS) is 19.7. The lowest BCUT2D eigenvalue weighted by Gasteiger charge is -2.16. The van der Waals surface area contributed by atoms with Crippen molar-refractivity contribution in [2.75, 3.05) is 6.61 Å². The van der Waals surface area contributed by atoms with Gasteiger partial charge >= 0.3 is 5.97 Å². The third-order valence-electron chi connectivity index (χ3n) is 2.57. The minimum Gasteiger partial charge on any atom is -0.461 e. The van der Waals surface area contributed by atoms with E-state index in [9.17, 15) is 4.79 Å². The lowest BCUT2D eigenvalue weighted by atomic mass is 9.92. The second-order valence-electron chi connectivity index (χ2n) is 4.32. The van der Waals surface area contributed by atoms with Gasteiger partial charge in [-0.1, -0.05) is 17.7 Å². The number of esters is 1. The summed E-state index contributed by atoms with van der Waals surface area (Å²) in [5, 5.41) is 0. The van der Waals surface area contributed by atoms with Crippen molar-refractivity contribution >= 4 is 5.97 Å². The second kappa shape index (κ2) is 6.44. The quantitative estimate of drug-likeness (QED) is 0.523. The highest BCUT2D eigenvalue weighted by atomic mass is 16.5. The van der Waals surface area contributed by atoms with Gasteiger partial charge in [0.2, 0.25) is 0 Å². The Kier molecular flexibility index (Phi) is 5.16. The molecule has 0 spiro atoms. The average Bonchev–Trinajstić information content (AvgIpc) is 2.18. The Balaban J connectivity index is 2.18. The van der Waals surface area contributed by atoms with Crippen LogP contribution < -0.4 is 0 Å². The van der Waals surface area contributed by atoms with Crippen molar-refractivity contribution in [3.05, 3.63) is 23.8 Å². The molecule has 1 rings (SSSR count). The zero-order valence-corrected chi connectivity index (χ0v) is 9.66. The third kappa shape index (κ3) is 5.40. The van der Waals surface area contributed by atoms with Crippen molar-refractivity contribution in [2.24, 2.45) is 5.92 Å². The van der Waals surface area contributed by atoms with Gasteiger partial charge in [-0.3, -0.25) is 4.79 Å². The van der Waals surface area contributed by atoms with E-state index in [0.717, 1.165) is 19.3 Å². The first kappa shape index (κ1) is 12.0. The fraction of sp³-hybridized carbons (Fsp3) is 0.615. The van der Waals surface area contributed by atoms with E-state index in [2.05, 4.69) is 12.2 Å². The van der Waals surface area contributed by atoms with Gasteiger partial charge in [-0.05, 0) is 45.1 Å². The van der Waals surface area contributed by atoms with Gasteiger partial charge in [0.15, 0.2) is 0 Å². The molecule has 0 heterocycles. The summed E-state index contributed by atoms with van der Waals surface area (Å²) < 4.78 is 5.12. The summed E-state index contributed by atoms with van der Waals surface area (Å²) in [6, 6.07) is 0. The molecule has 0 aromatic heterocycles.